The molecule has 2 heteroatoms. The summed E-state index contributed by atoms with van der Waals surface area (Å²) in [5, 5.41) is 1.30. The molecule has 1 aromatic heterocycles. The summed E-state index contributed by atoms with van der Waals surface area (Å²) >= 11 is 0. The van der Waals surface area contributed by atoms with E-state index < -0.39 is 0 Å². The van der Waals surface area contributed by atoms with E-state index in [1.807, 2.05) is 12.3 Å². The molecule has 0 saturated carbocycles. The summed E-state index contributed by atoms with van der Waals surface area (Å²) in [5.74, 6) is 0. The molecule has 0 amide bonds. The van der Waals surface area contributed by atoms with E-state index >= 15 is 0 Å². The minimum absolute atomic E-state index is 0.882. The number of hydrogen-bond donors (Lipinski definition) is 0. The first-order valence-corrected chi connectivity index (χ1v) is 9.75. The van der Waals surface area contributed by atoms with Gasteiger partial charge in [0, 0.05) is 36.8 Å². The van der Waals surface area contributed by atoms with Gasteiger partial charge in [0.15, 0.2) is 5.69 Å². The molecule has 0 bridgehead atoms. The number of allylic oxidation sites excluding steroid dienone is 3. The highest BCUT2D eigenvalue weighted by molar-refractivity contribution is 5.91. The van der Waals surface area contributed by atoms with Crippen molar-refractivity contribution < 1.29 is 4.57 Å². The van der Waals surface area contributed by atoms with E-state index in [4.69, 9.17) is 0 Å². The lowest BCUT2D eigenvalue weighted by atomic mass is 9.98. The highest BCUT2D eigenvalue weighted by atomic mass is 15.0. The van der Waals surface area contributed by atoms with Gasteiger partial charge >= 0.3 is 0 Å². The number of hydrogen-bond acceptors (Lipinski definition) is 1. The van der Waals surface area contributed by atoms with Gasteiger partial charge in [0.2, 0.25) is 5.52 Å². The topological polar surface area (TPSA) is 16.2 Å². The molecule has 0 N–H and O–H groups in total. The molecular formula is C25H25N2+. The second kappa shape index (κ2) is 7.71. The van der Waals surface area contributed by atoms with E-state index in [2.05, 4.69) is 90.2 Å². The van der Waals surface area contributed by atoms with Crippen LogP contribution in [0.2, 0.25) is 0 Å². The van der Waals surface area contributed by atoms with Crippen molar-refractivity contribution in [3.63, 3.8) is 0 Å². The highest BCUT2D eigenvalue weighted by Crippen LogP contribution is 2.31. The van der Waals surface area contributed by atoms with Crippen LogP contribution in [0.15, 0.2) is 71.7 Å². The molecule has 0 atom stereocenters. The van der Waals surface area contributed by atoms with Crippen LogP contribution in [0.5, 0.6) is 0 Å². The van der Waals surface area contributed by atoms with Crippen LogP contribution < -0.4 is 4.57 Å². The van der Waals surface area contributed by atoms with Crippen LogP contribution >= 0.6 is 0 Å². The Morgan fingerprint density at radius 1 is 1.04 bits per heavy atom. The highest BCUT2D eigenvalue weighted by Gasteiger charge is 2.15. The summed E-state index contributed by atoms with van der Waals surface area (Å²) in [6.07, 6.45) is 10.6. The Morgan fingerprint density at radius 3 is 2.70 bits per heavy atom. The standard InChI is InChI=1S/C25H25N2/c1-3-21-18-20(23-13-6-8-15-25(23)27(21)4-2)11-9-10-19-16-17-26-24-14-7-5-12-22(19)24/h5-15,17-18H,3-4,16H2,1-2H3/q+1. The van der Waals surface area contributed by atoms with Gasteiger partial charge in [-0.25, -0.2) is 0 Å². The Morgan fingerprint density at radius 2 is 1.85 bits per heavy atom. The number of nitrogens with zero attached hydrogens (tertiary/aromatic N) is 2. The second-order valence-corrected chi connectivity index (χ2v) is 6.79. The zero-order valence-electron chi connectivity index (χ0n) is 16.0. The maximum absolute atomic E-state index is 4.50. The van der Waals surface area contributed by atoms with Crippen molar-refractivity contribution >= 4 is 34.5 Å². The molecule has 134 valence electrons. The fourth-order valence-corrected chi connectivity index (χ4v) is 3.88. The van der Waals surface area contributed by atoms with Gasteiger partial charge in [-0.3, -0.25) is 4.99 Å². The average molecular weight is 353 g/mol. The third kappa shape index (κ3) is 3.35. The first-order chi connectivity index (χ1) is 13.3. The van der Waals surface area contributed by atoms with Crippen LogP contribution in [0.4, 0.5) is 5.69 Å². The van der Waals surface area contributed by atoms with Gasteiger partial charge in [-0.2, -0.15) is 4.57 Å². The van der Waals surface area contributed by atoms with Crippen LogP contribution in [0.25, 0.3) is 22.6 Å². The number of benzene rings is 2. The minimum Gasteiger partial charge on any atom is -0.260 e. The second-order valence-electron chi connectivity index (χ2n) is 6.79. The van der Waals surface area contributed by atoms with E-state index in [0.29, 0.717) is 0 Å². The largest absolute Gasteiger partial charge is 0.260 e. The van der Waals surface area contributed by atoms with Crippen molar-refractivity contribution in [1.29, 1.82) is 0 Å². The van der Waals surface area contributed by atoms with E-state index in [1.54, 1.807) is 0 Å². The van der Waals surface area contributed by atoms with Gasteiger partial charge in [-0.05, 0) is 30.2 Å². The van der Waals surface area contributed by atoms with Gasteiger partial charge in [0.1, 0.15) is 6.54 Å². The summed E-state index contributed by atoms with van der Waals surface area (Å²) in [4.78, 5) is 4.50. The molecular weight excluding hydrogens is 328 g/mol. The SMILES string of the molecule is CCc1cc(C=CC=C2CC=Nc3ccccc32)c2ccccc2[n+]1CC. The molecule has 0 aliphatic carbocycles. The molecule has 0 spiro atoms. The zero-order valence-corrected chi connectivity index (χ0v) is 16.0. The zero-order chi connectivity index (χ0) is 18.6. The lowest BCUT2D eigenvalue weighted by Gasteiger charge is -2.12. The molecule has 2 heterocycles. The Hall–Kier alpha value is -3.00. The number of rotatable bonds is 4. The van der Waals surface area contributed by atoms with Crippen molar-refractivity contribution in [1.82, 2.24) is 0 Å². The molecule has 1 aliphatic rings. The Balaban J connectivity index is 1.75. The van der Waals surface area contributed by atoms with Gasteiger partial charge in [0.25, 0.3) is 0 Å². The molecule has 2 aromatic carbocycles. The van der Waals surface area contributed by atoms with Crippen LogP contribution in [-0.2, 0) is 13.0 Å². The molecule has 0 unspecified atom stereocenters. The smallest absolute Gasteiger partial charge is 0.213 e. The van der Waals surface area contributed by atoms with E-state index in [9.17, 15) is 0 Å². The van der Waals surface area contributed by atoms with Crippen LogP contribution in [-0.4, -0.2) is 6.21 Å². The lowest BCUT2D eigenvalue weighted by molar-refractivity contribution is -0.675. The fraction of sp³-hybridized carbons (Fsp3) is 0.200. The summed E-state index contributed by atoms with van der Waals surface area (Å²) in [6.45, 7) is 5.44. The molecule has 4 rings (SSSR count). The number of pyridine rings is 1. The molecule has 2 nitrogen and oxygen atoms in total. The van der Waals surface area contributed by atoms with E-state index in [0.717, 1.165) is 25.1 Å². The molecule has 27 heavy (non-hydrogen) atoms. The Bertz CT molecular complexity index is 1070. The predicted octanol–water partition coefficient (Wildman–Crippen LogP) is 5.91. The summed E-state index contributed by atoms with van der Waals surface area (Å²) in [6, 6.07) is 19.4. The fourth-order valence-electron chi connectivity index (χ4n) is 3.88. The molecule has 0 radical (unpaired) electrons. The number of aryl methyl sites for hydroxylation is 2. The van der Waals surface area contributed by atoms with E-state index in [1.165, 1.54) is 33.3 Å². The van der Waals surface area contributed by atoms with Crippen molar-refractivity contribution in [2.45, 2.75) is 33.2 Å². The normalized spacial score (nSPS) is 15.0. The van der Waals surface area contributed by atoms with Gasteiger partial charge in [-0.1, -0.05) is 55.5 Å². The van der Waals surface area contributed by atoms with Crippen LogP contribution in [0, 0.1) is 0 Å². The van der Waals surface area contributed by atoms with Crippen molar-refractivity contribution in [3.05, 3.63) is 83.6 Å². The van der Waals surface area contributed by atoms with Gasteiger partial charge in [0.05, 0.1) is 11.1 Å². The van der Waals surface area contributed by atoms with E-state index in [-0.39, 0.29) is 0 Å². The van der Waals surface area contributed by atoms with Crippen molar-refractivity contribution in [3.8, 4) is 0 Å². The summed E-state index contributed by atoms with van der Waals surface area (Å²) in [7, 11) is 0. The van der Waals surface area contributed by atoms with Gasteiger partial charge < -0.3 is 0 Å². The lowest BCUT2D eigenvalue weighted by Crippen LogP contribution is -2.38. The monoisotopic (exact) mass is 353 g/mol. The number of para-hydroxylation sites is 2. The average Bonchev–Trinajstić information content (AvgIpc) is 2.73. The number of aliphatic imine (C=N–C) groups is 1. The van der Waals surface area contributed by atoms with Crippen LogP contribution in [0.1, 0.15) is 37.1 Å². The summed E-state index contributed by atoms with van der Waals surface area (Å²) < 4.78 is 2.42. The van der Waals surface area contributed by atoms with Crippen molar-refractivity contribution in [2.75, 3.05) is 0 Å². The van der Waals surface area contributed by atoms with Crippen LogP contribution in [0.3, 0.4) is 0 Å². The molecule has 1 aliphatic heterocycles. The molecule has 3 aromatic rings. The minimum atomic E-state index is 0.882. The number of fused-ring (bicyclic) bond motifs is 2. The number of aromatic nitrogens is 1. The Labute approximate surface area is 161 Å². The third-order valence-electron chi connectivity index (χ3n) is 5.22. The quantitative estimate of drug-likeness (QED) is 0.518. The molecule has 0 fully saturated rings. The maximum Gasteiger partial charge on any atom is 0.213 e. The predicted molar refractivity (Wildman–Crippen MR) is 115 cm³/mol. The first-order valence-electron chi connectivity index (χ1n) is 9.75. The summed E-state index contributed by atoms with van der Waals surface area (Å²) in [5.41, 5.74) is 7.57. The van der Waals surface area contributed by atoms with Gasteiger partial charge in [-0.15, -0.1) is 0 Å². The maximum atomic E-state index is 4.50. The Kier molecular flexibility index (Phi) is 4.97. The van der Waals surface area contributed by atoms with Crippen molar-refractivity contribution in [2.24, 2.45) is 4.99 Å². The first kappa shape index (κ1) is 17.4. The third-order valence-corrected chi connectivity index (χ3v) is 5.22. The molecule has 0 saturated heterocycles.